The van der Waals surface area contributed by atoms with E-state index in [1.54, 1.807) is 7.11 Å². The first-order chi connectivity index (χ1) is 5.74. The van der Waals surface area contributed by atoms with Crippen molar-refractivity contribution in [2.24, 2.45) is 11.7 Å². The quantitative estimate of drug-likeness (QED) is 0.649. The minimum Gasteiger partial charge on any atom is -0.382 e. The second kappa shape index (κ2) is 4.42. The maximum absolute atomic E-state index is 10.8. The van der Waals surface area contributed by atoms with E-state index < -0.39 is 0 Å². The fourth-order valence-electron chi connectivity index (χ4n) is 1.44. The van der Waals surface area contributed by atoms with Gasteiger partial charge in [-0.3, -0.25) is 4.79 Å². The van der Waals surface area contributed by atoms with Gasteiger partial charge in [-0.15, -0.1) is 0 Å². The third-order valence-corrected chi connectivity index (χ3v) is 2.12. The Hall–Kier alpha value is -0.610. The van der Waals surface area contributed by atoms with Crippen molar-refractivity contribution in [3.05, 3.63) is 0 Å². The minimum atomic E-state index is -0.223. The summed E-state index contributed by atoms with van der Waals surface area (Å²) in [6, 6.07) is 0. The van der Waals surface area contributed by atoms with Gasteiger partial charge in [0.15, 0.2) is 0 Å². The Bertz CT molecular complexity index is 158. The molecule has 0 spiro atoms. The molecule has 1 aliphatic heterocycles. The molecule has 4 nitrogen and oxygen atoms in total. The molecule has 0 aromatic heterocycles. The maximum atomic E-state index is 10.8. The molecule has 0 aromatic carbocycles. The molecule has 1 aliphatic rings. The van der Waals surface area contributed by atoms with Gasteiger partial charge in [0.2, 0.25) is 5.91 Å². The van der Waals surface area contributed by atoms with E-state index in [9.17, 15) is 4.79 Å². The fourth-order valence-corrected chi connectivity index (χ4v) is 1.44. The maximum Gasteiger partial charge on any atom is 0.220 e. The van der Waals surface area contributed by atoms with Crippen molar-refractivity contribution in [1.82, 2.24) is 0 Å². The average molecular weight is 173 g/mol. The van der Waals surface area contributed by atoms with Gasteiger partial charge in [0.1, 0.15) is 0 Å². The first-order valence-corrected chi connectivity index (χ1v) is 4.14. The minimum absolute atomic E-state index is 0.0288. The number of rotatable bonds is 3. The Kier molecular flexibility index (Phi) is 3.49. The Morgan fingerprint density at radius 1 is 1.75 bits per heavy atom. The molecule has 1 saturated heterocycles. The van der Waals surface area contributed by atoms with Gasteiger partial charge in [0.05, 0.1) is 12.7 Å². The third-order valence-electron chi connectivity index (χ3n) is 2.12. The van der Waals surface area contributed by atoms with E-state index >= 15 is 0 Å². The molecule has 12 heavy (non-hydrogen) atoms. The molecule has 0 saturated carbocycles. The van der Waals surface area contributed by atoms with E-state index in [2.05, 4.69) is 0 Å². The van der Waals surface area contributed by atoms with E-state index in [0.717, 1.165) is 6.42 Å². The van der Waals surface area contributed by atoms with Crippen molar-refractivity contribution >= 4 is 5.91 Å². The smallest absolute Gasteiger partial charge is 0.220 e. The molecule has 1 heterocycles. The van der Waals surface area contributed by atoms with Crippen LogP contribution in [0.2, 0.25) is 0 Å². The van der Waals surface area contributed by atoms with Crippen molar-refractivity contribution in [2.75, 3.05) is 20.3 Å². The number of carbonyl (C=O) groups excluding carboxylic acids is 1. The molecule has 1 fully saturated rings. The SMILES string of the molecule is COCC1CC(C(N)=O)CCO1. The van der Waals surface area contributed by atoms with Crippen molar-refractivity contribution in [2.45, 2.75) is 18.9 Å². The van der Waals surface area contributed by atoms with Gasteiger partial charge in [-0.05, 0) is 12.8 Å². The molecule has 2 unspecified atom stereocenters. The van der Waals surface area contributed by atoms with Gasteiger partial charge in [-0.2, -0.15) is 0 Å². The Labute approximate surface area is 72.0 Å². The van der Waals surface area contributed by atoms with Crippen LogP contribution in [0.5, 0.6) is 0 Å². The molecule has 0 aromatic rings. The van der Waals surface area contributed by atoms with Crippen molar-refractivity contribution in [1.29, 1.82) is 0 Å². The van der Waals surface area contributed by atoms with Gasteiger partial charge in [0, 0.05) is 19.6 Å². The van der Waals surface area contributed by atoms with Crippen molar-refractivity contribution < 1.29 is 14.3 Å². The van der Waals surface area contributed by atoms with E-state index in [-0.39, 0.29) is 17.9 Å². The average Bonchev–Trinajstić information content (AvgIpc) is 2.05. The molecule has 0 aliphatic carbocycles. The lowest BCUT2D eigenvalue weighted by Crippen LogP contribution is -2.35. The third kappa shape index (κ3) is 2.46. The lowest BCUT2D eigenvalue weighted by Gasteiger charge is -2.26. The summed E-state index contributed by atoms with van der Waals surface area (Å²) in [6.45, 7) is 1.16. The van der Waals surface area contributed by atoms with E-state index in [1.807, 2.05) is 0 Å². The normalized spacial score (nSPS) is 30.1. The largest absolute Gasteiger partial charge is 0.382 e. The highest BCUT2D eigenvalue weighted by Gasteiger charge is 2.25. The van der Waals surface area contributed by atoms with E-state index in [0.29, 0.717) is 19.6 Å². The standard InChI is InChI=1S/C8H15NO3/c1-11-5-7-4-6(8(9)10)2-3-12-7/h6-7H,2-5H2,1H3,(H2,9,10). The number of primary amides is 1. The topological polar surface area (TPSA) is 61.5 Å². The van der Waals surface area contributed by atoms with E-state index in [1.165, 1.54) is 0 Å². The summed E-state index contributed by atoms with van der Waals surface area (Å²) in [5.74, 6) is -0.252. The number of ether oxygens (including phenoxy) is 2. The first-order valence-electron chi connectivity index (χ1n) is 4.14. The summed E-state index contributed by atoms with van der Waals surface area (Å²) in [6.07, 6.45) is 1.49. The number of nitrogens with two attached hydrogens (primary N) is 1. The molecule has 0 bridgehead atoms. The summed E-state index contributed by atoms with van der Waals surface area (Å²) in [7, 11) is 1.62. The van der Waals surface area contributed by atoms with Crippen LogP contribution in [-0.4, -0.2) is 32.3 Å². The highest BCUT2D eigenvalue weighted by atomic mass is 16.5. The summed E-state index contributed by atoms with van der Waals surface area (Å²) in [4.78, 5) is 10.8. The number of methoxy groups -OCH3 is 1. The first kappa shape index (κ1) is 9.48. The highest BCUT2D eigenvalue weighted by molar-refractivity contribution is 5.76. The summed E-state index contributed by atoms with van der Waals surface area (Å²) >= 11 is 0. The van der Waals surface area contributed by atoms with Crippen LogP contribution in [0.3, 0.4) is 0 Å². The Balaban J connectivity index is 2.35. The van der Waals surface area contributed by atoms with Crippen LogP contribution in [0.15, 0.2) is 0 Å². The Morgan fingerprint density at radius 3 is 3.08 bits per heavy atom. The lowest BCUT2D eigenvalue weighted by molar-refractivity contribution is -0.128. The zero-order chi connectivity index (χ0) is 8.97. The molecule has 4 heteroatoms. The number of amides is 1. The van der Waals surface area contributed by atoms with Crippen LogP contribution < -0.4 is 5.73 Å². The summed E-state index contributed by atoms with van der Waals surface area (Å²) in [5, 5.41) is 0. The zero-order valence-corrected chi connectivity index (χ0v) is 7.29. The van der Waals surface area contributed by atoms with Gasteiger partial charge >= 0.3 is 0 Å². The summed E-state index contributed by atoms with van der Waals surface area (Å²) < 4.78 is 10.3. The predicted molar refractivity (Wildman–Crippen MR) is 43.5 cm³/mol. The van der Waals surface area contributed by atoms with Gasteiger partial charge in [0.25, 0.3) is 0 Å². The van der Waals surface area contributed by atoms with Crippen LogP contribution in [0, 0.1) is 5.92 Å². The van der Waals surface area contributed by atoms with Gasteiger partial charge in [-0.1, -0.05) is 0 Å². The zero-order valence-electron chi connectivity index (χ0n) is 7.29. The number of hydrogen-bond acceptors (Lipinski definition) is 3. The number of carbonyl (C=O) groups is 1. The summed E-state index contributed by atoms with van der Waals surface area (Å²) in [5.41, 5.74) is 5.19. The molecular weight excluding hydrogens is 158 g/mol. The van der Waals surface area contributed by atoms with Crippen LogP contribution in [0.1, 0.15) is 12.8 Å². The van der Waals surface area contributed by atoms with Crippen LogP contribution in [0.25, 0.3) is 0 Å². The Morgan fingerprint density at radius 2 is 2.50 bits per heavy atom. The van der Waals surface area contributed by atoms with Gasteiger partial charge in [-0.25, -0.2) is 0 Å². The van der Waals surface area contributed by atoms with Crippen LogP contribution in [-0.2, 0) is 14.3 Å². The molecule has 1 amide bonds. The van der Waals surface area contributed by atoms with Crippen LogP contribution in [0.4, 0.5) is 0 Å². The van der Waals surface area contributed by atoms with Crippen molar-refractivity contribution in [3.8, 4) is 0 Å². The molecule has 0 radical (unpaired) electrons. The fraction of sp³-hybridized carbons (Fsp3) is 0.875. The monoisotopic (exact) mass is 173 g/mol. The second-order valence-corrected chi connectivity index (χ2v) is 3.07. The second-order valence-electron chi connectivity index (χ2n) is 3.07. The molecule has 2 N–H and O–H groups in total. The van der Waals surface area contributed by atoms with Crippen LogP contribution >= 0.6 is 0 Å². The van der Waals surface area contributed by atoms with Gasteiger partial charge < -0.3 is 15.2 Å². The number of hydrogen-bond donors (Lipinski definition) is 1. The van der Waals surface area contributed by atoms with E-state index in [4.69, 9.17) is 15.2 Å². The molecule has 1 rings (SSSR count). The predicted octanol–water partition coefficient (Wildman–Crippen LogP) is -0.0867. The lowest BCUT2D eigenvalue weighted by atomic mass is 9.95. The van der Waals surface area contributed by atoms with Crippen molar-refractivity contribution in [3.63, 3.8) is 0 Å². The highest BCUT2D eigenvalue weighted by Crippen LogP contribution is 2.19. The molecule has 2 atom stereocenters. The molecule has 70 valence electrons. The molecular formula is C8H15NO3.